The van der Waals surface area contributed by atoms with E-state index in [1.54, 1.807) is 14.0 Å². The van der Waals surface area contributed by atoms with E-state index in [-0.39, 0.29) is 24.2 Å². The summed E-state index contributed by atoms with van der Waals surface area (Å²) in [6.45, 7) is 1.79. The van der Waals surface area contributed by atoms with Crippen molar-refractivity contribution in [3.8, 4) is 5.75 Å². The van der Waals surface area contributed by atoms with Crippen LogP contribution in [0.3, 0.4) is 0 Å². The molecule has 6 heteroatoms. The molecule has 0 aliphatic rings. The van der Waals surface area contributed by atoms with Crippen LogP contribution in [0, 0.1) is 0 Å². The van der Waals surface area contributed by atoms with Gasteiger partial charge in [0.25, 0.3) is 0 Å². The Morgan fingerprint density at radius 1 is 1.58 bits per heavy atom. The number of nitrogens with one attached hydrogen (secondary N) is 1. The molecule has 0 bridgehead atoms. The number of nitrogens with zero attached hydrogens (tertiary/aromatic N) is 1. The lowest BCUT2D eigenvalue weighted by Crippen LogP contribution is -2.36. The lowest BCUT2D eigenvalue weighted by molar-refractivity contribution is -0.121. The molecule has 1 atom stereocenters. The zero-order valence-corrected chi connectivity index (χ0v) is 11.1. The van der Waals surface area contributed by atoms with Gasteiger partial charge in [0.2, 0.25) is 5.91 Å². The average molecular weight is 265 g/mol. The quantitative estimate of drug-likeness (QED) is 0.308. The van der Waals surface area contributed by atoms with E-state index in [1.807, 2.05) is 24.3 Å². The first-order valence-electron chi connectivity index (χ1n) is 5.94. The Balaban J connectivity index is 2.50. The summed E-state index contributed by atoms with van der Waals surface area (Å²) in [4.78, 5) is 11.8. The van der Waals surface area contributed by atoms with E-state index in [9.17, 15) is 4.79 Å². The van der Waals surface area contributed by atoms with E-state index in [2.05, 4.69) is 10.5 Å². The molecule has 104 valence electrons. The molecule has 4 N–H and O–H groups in total. The highest BCUT2D eigenvalue weighted by atomic mass is 16.5. The van der Waals surface area contributed by atoms with Gasteiger partial charge in [0, 0.05) is 12.5 Å². The molecule has 0 saturated carbocycles. The van der Waals surface area contributed by atoms with Crippen LogP contribution in [0.4, 0.5) is 0 Å². The number of rotatable bonds is 6. The lowest BCUT2D eigenvalue weighted by atomic mass is 10.1. The number of hydrogen-bond acceptors (Lipinski definition) is 4. The molecule has 19 heavy (non-hydrogen) atoms. The molecule has 0 aromatic heterocycles. The fourth-order valence-electron chi connectivity index (χ4n) is 1.70. The van der Waals surface area contributed by atoms with E-state index >= 15 is 0 Å². The van der Waals surface area contributed by atoms with Crippen LogP contribution in [-0.2, 0) is 11.2 Å². The molecule has 0 spiro atoms. The Morgan fingerprint density at radius 2 is 2.32 bits per heavy atom. The SMILES string of the molecule is COc1cccc(CC(=O)NC(C)CC(N)=NO)c1. The average Bonchev–Trinajstić information content (AvgIpc) is 2.38. The smallest absolute Gasteiger partial charge is 0.224 e. The maximum atomic E-state index is 11.8. The standard InChI is InChI=1S/C13H19N3O3/c1-9(6-12(14)16-18)15-13(17)8-10-4-3-5-11(7-10)19-2/h3-5,7,9,18H,6,8H2,1-2H3,(H2,14,16)(H,15,17). The van der Waals surface area contributed by atoms with Gasteiger partial charge < -0.3 is 21.0 Å². The summed E-state index contributed by atoms with van der Waals surface area (Å²) in [5, 5.41) is 14.1. The van der Waals surface area contributed by atoms with Crippen molar-refractivity contribution in [2.24, 2.45) is 10.9 Å². The van der Waals surface area contributed by atoms with Crippen LogP contribution in [0.2, 0.25) is 0 Å². The van der Waals surface area contributed by atoms with Crippen LogP contribution < -0.4 is 15.8 Å². The summed E-state index contributed by atoms with van der Waals surface area (Å²) in [6.07, 6.45) is 0.568. The van der Waals surface area contributed by atoms with Crippen LogP contribution in [0.1, 0.15) is 18.9 Å². The van der Waals surface area contributed by atoms with Crippen molar-refractivity contribution in [2.75, 3.05) is 7.11 Å². The third-order valence-electron chi connectivity index (χ3n) is 2.55. The molecular weight excluding hydrogens is 246 g/mol. The van der Waals surface area contributed by atoms with Crippen LogP contribution >= 0.6 is 0 Å². The van der Waals surface area contributed by atoms with Gasteiger partial charge in [-0.25, -0.2) is 0 Å². The van der Waals surface area contributed by atoms with Gasteiger partial charge in [0.15, 0.2) is 0 Å². The number of benzene rings is 1. The summed E-state index contributed by atoms with van der Waals surface area (Å²) in [5.41, 5.74) is 6.24. The topological polar surface area (TPSA) is 96.9 Å². The predicted molar refractivity (Wildman–Crippen MR) is 72.3 cm³/mol. The van der Waals surface area contributed by atoms with Crippen LogP contribution in [0.5, 0.6) is 5.75 Å². The Bertz CT molecular complexity index is 460. The molecule has 6 nitrogen and oxygen atoms in total. The molecule has 1 aromatic rings. The lowest BCUT2D eigenvalue weighted by Gasteiger charge is -2.13. The van der Waals surface area contributed by atoms with Crippen molar-refractivity contribution in [3.05, 3.63) is 29.8 Å². The van der Waals surface area contributed by atoms with Gasteiger partial charge in [0.1, 0.15) is 11.6 Å². The third kappa shape index (κ3) is 5.29. The first kappa shape index (κ1) is 14.8. The summed E-state index contributed by atoms with van der Waals surface area (Å²) >= 11 is 0. The number of carbonyl (C=O) groups excluding carboxylic acids is 1. The number of nitrogens with two attached hydrogens (primary N) is 1. The molecule has 1 amide bonds. The van der Waals surface area contributed by atoms with Crippen molar-refractivity contribution < 1.29 is 14.7 Å². The fraction of sp³-hybridized carbons (Fsp3) is 0.385. The van der Waals surface area contributed by atoms with Crippen LogP contribution in [-0.4, -0.2) is 30.1 Å². The number of amides is 1. The molecule has 0 aliphatic heterocycles. The molecular formula is C13H19N3O3. The minimum absolute atomic E-state index is 0.0918. The fourth-order valence-corrected chi connectivity index (χ4v) is 1.70. The summed E-state index contributed by atoms with van der Waals surface area (Å²) < 4.78 is 5.09. The third-order valence-corrected chi connectivity index (χ3v) is 2.55. The Labute approximate surface area is 112 Å². The van der Waals surface area contributed by atoms with Crippen molar-refractivity contribution in [3.63, 3.8) is 0 Å². The van der Waals surface area contributed by atoms with Gasteiger partial charge in [-0.3, -0.25) is 4.79 Å². The van der Waals surface area contributed by atoms with E-state index in [0.717, 1.165) is 11.3 Å². The number of methoxy groups -OCH3 is 1. The molecule has 0 heterocycles. The summed E-state index contributed by atoms with van der Waals surface area (Å²) in [7, 11) is 1.58. The normalized spacial score (nSPS) is 12.8. The van der Waals surface area contributed by atoms with Gasteiger partial charge in [-0.1, -0.05) is 17.3 Å². The zero-order chi connectivity index (χ0) is 14.3. The Kier molecular flexibility index (Phi) is 5.66. The molecule has 0 radical (unpaired) electrons. The maximum Gasteiger partial charge on any atom is 0.224 e. The second-order valence-corrected chi connectivity index (χ2v) is 4.29. The van der Waals surface area contributed by atoms with Crippen molar-refractivity contribution in [1.29, 1.82) is 0 Å². The summed E-state index contributed by atoms with van der Waals surface area (Å²) in [6, 6.07) is 7.14. The number of ether oxygens (including phenoxy) is 1. The van der Waals surface area contributed by atoms with E-state index in [0.29, 0.717) is 6.42 Å². The van der Waals surface area contributed by atoms with Gasteiger partial charge >= 0.3 is 0 Å². The highest BCUT2D eigenvalue weighted by molar-refractivity contribution is 5.82. The second-order valence-electron chi connectivity index (χ2n) is 4.29. The van der Waals surface area contributed by atoms with Crippen LogP contribution in [0.25, 0.3) is 0 Å². The van der Waals surface area contributed by atoms with Gasteiger partial charge in [0.05, 0.1) is 13.5 Å². The molecule has 1 aromatic carbocycles. The molecule has 1 rings (SSSR count). The van der Waals surface area contributed by atoms with E-state index in [4.69, 9.17) is 15.7 Å². The predicted octanol–water partition coefficient (Wildman–Crippen LogP) is 0.879. The monoisotopic (exact) mass is 265 g/mol. The molecule has 0 fully saturated rings. The highest BCUT2D eigenvalue weighted by Gasteiger charge is 2.10. The van der Waals surface area contributed by atoms with Crippen LogP contribution in [0.15, 0.2) is 29.4 Å². The first-order valence-corrected chi connectivity index (χ1v) is 5.94. The van der Waals surface area contributed by atoms with E-state index < -0.39 is 0 Å². The molecule has 0 saturated heterocycles. The van der Waals surface area contributed by atoms with Gasteiger partial charge in [-0.05, 0) is 24.6 Å². The minimum Gasteiger partial charge on any atom is -0.497 e. The maximum absolute atomic E-state index is 11.8. The summed E-state index contributed by atoms with van der Waals surface area (Å²) in [5.74, 6) is 0.690. The Morgan fingerprint density at radius 3 is 2.95 bits per heavy atom. The molecule has 0 aliphatic carbocycles. The second kappa shape index (κ2) is 7.25. The number of hydrogen-bond donors (Lipinski definition) is 3. The van der Waals surface area contributed by atoms with Gasteiger partial charge in [-0.2, -0.15) is 0 Å². The Hall–Kier alpha value is -2.24. The van der Waals surface area contributed by atoms with Crippen molar-refractivity contribution >= 4 is 11.7 Å². The van der Waals surface area contributed by atoms with E-state index in [1.165, 1.54) is 0 Å². The van der Waals surface area contributed by atoms with Gasteiger partial charge in [-0.15, -0.1) is 0 Å². The first-order chi connectivity index (χ1) is 9.05. The highest BCUT2D eigenvalue weighted by Crippen LogP contribution is 2.12. The number of amidine groups is 1. The van der Waals surface area contributed by atoms with Crippen molar-refractivity contribution in [2.45, 2.75) is 25.8 Å². The van der Waals surface area contributed by atoms with Crippen molar-refractivity contribution in [1.82, 2.24) is 5.32 Å². The molecule has 1 unspecified atom stereocenters. The number of carbonyl (C=O) groups is 1. The minimum atomic E-state index is -0.186. The zero-order valence-electron chi connectivity index (χ0n) is 11.1. The number of oxime groups is 1. The largest absolute Gasteiger partial charge is 0.497 e.